The molecule has 0 radical (unpaired) electrons. The van der Waals surface area contributed by atoms with Crippen molar-refractivity contribution in [2.24, 2.45) is 5.92 Å². The Hall–Kier alpha value is -1.89. The molecule has 0 atom stereocenters. The normalized spacial score (nSPS) is 20.2. The van der Waals surface area contributed by atoms with Gasteiger partial charge in [-0.25, -0.2) is 4.39 Å². The number of halogens is 1. The van der Waals surface area contributed by atoms with Crippen molar-refractivity contribution >= 4 is 0 Å². The molecule has 0 saturated heterocycles. The SMILES string of the molecule is CCCCCc1ccc(-c2ccccc2C2CCC(CC=CF)CC2)cc1. The Kier molecular flexibility index (Phi) is 7.68. The fourth-order valence-corrected chi connectivity index (χ4v) is 4.50. The zero-order valence-corrected chi connectivity index (χ0v) is 16.7. The van der Waals surface area contributed by atoms with Gasteiger partial charge in [0, 0.05) is 0 Å². The third-order valence-electron chi connectivity index (χ3n) is 6.14. The number of benzene rings is 2. The van der Waals surface area contributed by atoms with E-state index in [0.29, 0.717) is 18.2 Å². The smallest absolute Gasteiger partial charge is 0.0827 e. The van der Waals surface area contributed by atoms with E-state index in [4.69, 9.17) is 0 Å². The average Bonchev–Trinajstić information content (AvgIpc) is 2.73. The fraction of sp³-hybridized carbons (Fsp3) is 0.462. The molecule has 27 heavy (non-hydrogen) atoms. The maximum atomic E-state index is 12.3. The van der Waals surface area contributed by atoms with Crippen molar-refractivity contribution in [1.29, 1.82) is 0 Å². The van der Waals surface area contributed by atoms with Gasteiger partial charge in [-0.15, -0.1) is 0 Å². The van der Waals surface area contributed by atoms with Gasteiger partial charge < -0.3 is 0 Å². The predicted octanol–water partition coefficient (Wildman–Crippen LogP) is 8.23. The average molecular weight is 365 g/mol. The summed E-state index contributed by atoms with van der Waals surface area (Å²) in [5.74, 6) is 1.29. The van der Waals surface area contributed by atoms with Crippen LogP contribution >= 0.6 is 0 Å². The van der Waals surface area contributed by atoms with Gasteiger partial charge >= 0.3 is 0 Å². The summed E-state index contributed by atoms with van der Waals surface area (Å²) in [4.78, 5) is 0. The molecule has 1 saturated carbocycles. The number of unbranched alkanes of at least 4 members (excludes halogenated alkanes) is 2. The lowest BCUT2D eigenvalue weighted by Crippen LogP contribution is -2.13. The molecule has 3 rings (SSSR count). The molecule has 0 unspecified atom stereocenters. The molecule has 0 aromatic heterocycles. The fourth-order valence-electron chi connectivity index (χ4n) is 4.50. The first-order valence-electron chi connectivity index (χ1n) is 10.7. The first-order chi connectivity index (χ1) is 13.3. The summed E-state index contributed by atoms with van der Waals surface area (Å²) in [5, 5.41) is 0. The van der Waals surface area contributed by atoms with E-state index < -0.39 is 0 Å². The molecule has 0 bridgehead atoms. The highest BCUT2D eigenvalue weighted by Crippen LogP contribution is 2.40. The van der Waals surface area contributed by atoms with Gasteiger partial charge in [-0.05, 0) is 79.0 Å². The summed E-state index contributed by atoms with van der Waals surface area (Å²) in [5.41, 5.74) is 5.68. The maximum absolute atomic E-state index is 12.3. The molecule has 0 heterocycles. The minimum Gasteiger partial charge on any atom is -0.216 e. The second-order valence-corrected chi connectivity index (χ2v) is 8.06. The first kappa shape index (κ1) is 19.9. The summed E-state index contributed by atoms with van der Waals surface area (Å²) < 4.78 is 12.3. The highest BCUT2D eigenvalue weighted by molar-refractivity contribution is 5.68. The van der Waals surface area contributed by atoms with Gasteiger partial charge in [-0.3, -0.25) is 0 Å². The van der Waals surface area contributed by atoms with Crippen LogP contribution in [-0.2, 0) is 6.42 Å². The van der Waals surface area contributed by atoms with Gasteiger partial charge in [0.15, 0.2) is 0 Å². The van der Waals surface area contributed by atoms with E-state index >= 15 is 0 Å². The van der Waals surface area contributed by atoms with Crippen LogP contribution in [0.1, 0.15) is 75.3 Å². The third kappa shape index (κ3) is 5.54. The number of hydrogen-bond acceptors (Lipinski definition) is 0. The highest BCUT2D eigenvalue weighted by atomic mass is 19.1. The van der Waals surface area contributed by atoms with Crippen LogP contribution in [0, 0.1) is 5.92 Å². The Morgan fingerprint density at radius 3 is 2.37 bits per heavy atom. The molecule has 0 N–H and O–H groups in total. The quantitative estimate of drug-likeness (QED) is 0.414. The lowest BCUT2D eigenvalue weighted by molar-refractivity contribution is 0.328. The second kappa shape index (κ2) is 10.4. The predicted molar refractivity (Wildman–Crippen MR) is 115 cm³/mol. The van der Waals surface area contributed by atoms with Crippen LogP contribution in [0.15, 0.2) is 60.9 Å². The van der Waals surface area contributed by atoms with Crippen molar-refractivity contribution in [2.75, 3.05) is 0 Å². The minimum atomic E-state index is 0.635. The van der Waals surface area contributed by atoms with Crippen LogP contribution < -0.4 is 0 Å². The second-order valence-electron chi connectivity index (χ2n) is 8.06. The van der Waals surface area contributed by atoms with Crippen LogP contribution in [0.4, 0.5) is 4.39 Å². The van der Waals surface area contributed by atoms with Crippen molar-refractivity contribution in [1.82, 2.24) is 0 Å². The van der Waals surface area contributed by atoms with Gasteiger partial charge in [-0.2, -0.15) is 0 Å². The standard InChI is InChI=1S/C26H33F/c1-2-3-4-8-21-12-16-23(17-13-21)25-10-5-6-11-26(25)24-18-14-22(15-19-24)9-7-20-27/h5-7,10-13,16-17,20,22,24H,2-4,8-9,14-15,18-19H2,1H3. The van der Waals surface area contributed by atoms with E-state index in [1.165, 1.54) is 73.6 Å². The largest absolute Gasteiger partial charge is 0.216 e. The summed E-state index contributed by atoms with van der Waals surface area (Å²) in [6.45, 7) is 2.26. The van der Waals surface area contributed by atoms with Crippen molar-refractivity contribution in [2.45, 2.75) is 70.6 Å². The van der Waals surface area contributed by atoms with Crippen molar-refractivity contribution in [3.05, 3.63) is 72.1 Å². The van der Waals surface area contributed by atoms with E-state index in [0.717, 1.165) is 6.42 Å². The summed E-state index contributed by atoms with van der Waals surface area (Å²) in [6, 6.07) is 18.2. The Morgan fingerprint density at radius 2 is 1.67 bits per heavy atom. The van der Waals surface area contributed by atoms with Crippen molar-refractivity contribution in [3.63, 3.8) is 0 Å². The zero-order chi connectivity index (χ0) is 18.9. The molecular formula is C26H33F. The molecule has 2 aromatic carbocycles. The molecule has 144 valence electrons. The van der Waals surface area contributed by atoms with Crippen LogP contribution in [0.25, 0.3) is 11.1 Å². The van der Waals surface area contributed by atoms with Gasteiger partial charge in [-0.1, -0.05) is 74.4 Å². The number of allylic oxidation sites excluding steroid dienone is 1. The van der Waals surface area contributed by atoms with E-state index in [-0.39, 0.29) is 0 Å². The zero-order valence-electron chi connectivity index (χ0n) is 16.7. The Balaban J connectivity index is 1.69. The van der Waals surface area contributed by atoms with Crippen LogP contribution in [-0.4, -0.2) is 0 Å². The first-order valence-corrected chi connectivity index (χ1v) is 10.7. The molecular weight excluding hydrogens is 331 g/mol. The molecule has 1 heteroatoms. The molecule has 1 fully saturated rings. The van der Waals surface area contributed by atoms with E-state index in [1.54, 1.807) is 6.08 Å². The minimum absolute atomic E-state index is 0.635. The van der Waals surface area contributed by atoms with E-state index in [9.17, 15) is 4.39 Å². The molecule has 0 nitrogen and oxygen atoms in total. The number of hydrogen-bond donors (Lipinski definition) is 0. The number of rotatable bonds is 8. The van der Waals surface area contributed by atoms with Crippen molar-refractivity contribution in [3.8, 4) is 11.1 Å². The monoisotopic (exact) mass is 364 g/mol. The molecule has 1 aliphatic rings. The molecule has 0 amide bonds. The summed E-state index contributed by atoms with van der Waals surface area (Å²) in [6.07, 6.45) is 13.2. The molecule has 0 spiro atoms. The molecule has 1 aliphatic carbocycles. The van der Waals surface area contributed by atoms with E-state index in [1.807, 2.05) is 0 Å². The van der Waals surface area contributed by atoms with Crippen LogP contribution in [0.3, 0.4) is 0 Å². The summed E-state index contributed by atoms with van der Waals surface area (Å²) >= 11 is 0. The Bertz CT molecular complexity index is 705. The topological polar surface area (TPSA) is 0 Å². The van der Waals surface area contributed by atoms with Gasteiger partial charge in [0.25, 0.3) is 0 Å². The maximum Gasteiger partial charge on any atom is 0.0827 e. The Labute approximate surface area is 164 Å². The highest BCUT2D eigenvalue weighted by Gasteiger charge is 2.23. The third-order valence-corrected chi connectivity index (χ3v) is 6.14. The molecule has 2 aromatic rings. The Morgan fingerprint density at radius 1 is 0.926 bits per heavy atom. The molecule has 0 aliphatic heterocycles. The lowest BCUT2D eigenvalue weighted by Gasteiger charge is -2.29. The van der Waals surface area contributed by atoms with Gasteiger partial charge in [0.1, 0.15) is 0 Å². The van der Waals surface area contributed by atoms with Crippen LogP contribution in [0.5, 0.6) is 0 Å². The van der Waals surface area contributed by atoms with Crippen molar-refractivity contribution < 1.29 is 4.39 Å². The van der Waals surface area contributed by atoms with Gasteiger partial charge in [0.05, 0.1) is 6.33 Å². The van der Waals surface area contributed by atoms with E-state index in [2.05, 4.69) is 55.5 Å². The summed E-state index contributed by atoms with van der Waals surface area (Å²) in [7, 11) is 0. The van der Waals surface area contributed by atoms with Gasteiger partial charge in [0.2, 0.25) is 0 Å². The number of aryl methyl sites for hydroxylation is 1. The van der Waals surface area contributed by atoms with Crippen LogP contribution in [0.2, 0.25) is 0 Å². The lowest BCUT2D eigenvalue weighted by atomic mass is 9.76.